The molecule has 1 amide bonds. The molecular formula is C23H24F3N7O. The highest BCUT2D eigenvalue weighted by Crippen LogP contribution is 2.29. The molecule has 0 spiro atoms. The van der Waals surface area contributed by atoms with Crippen LogP contribution in [0.25, 0.3) is 27.7 Å². The molecule has 1 aliphatic rings. The molecule has 34 heavy (non-hydrogen) atoms. The molecule has 0 radical (unpaired) electrons. The molecular weight excluding hydrogens is 447 g/mol. The van der Waals surface area contributed by atoms with Crippen LogP contribution in [0.5, 0.6) is 0 Å². The summed E-state index contributed by atoms with van der Waals surface area (Å²) in [4.78, 5) is 26.6. The van der Waals surface area contributed by atoms with Crippen LogP contribution in [-0.4, -0.2) is 67.7 Å². The number of rotatable bonds is 5. The molecule has 1 saturated heterocycles. The largest absolute Gasteiger partial charge is 0.389 e. The van der Waals surface area contributed by atoms with E-state index in [4.69, 9.17) is 0 Å². The Bertz CT molecular complexity index is 1340. The van der Waals surface area contributed by atoms with Crippen molar-refractivity contribution < 1.29 is 18.0 Å². The quantitative estimate of drug-likeness (QED) is 0.464. The van der Waals surface area contributed by atoms with Crippen molar-refractivity contribution in [3.8, 4) is 11.1 Å². The number of alkyl halides is 3. The first-order valence-electron chi connectivity index (χ1n) is 11.1. The molecule has 0 bridgehead atoms. The predicted octanol–water partition coefficient (Wildman–Crippen LogP) is 3.59. The molecule has 0 unspecified atom stereocenters. The Morgan fingerprint density at radius 1 is 1.26 bits per heavy atom. The molecule has 0 saturated carbocycles. The first-order chi connectivity index (χ1) is 16.3. The van der Waals surface area contributed by atoms with E-state index >= 15 is 0 Å². The molecule has 0 aliphatic carbocycles. The second kappa shape index (κ2) is 8.71. The number of halogens is 3. The van der Waals surface area contributed by atoms with E-state index in [-0.39, 0.29) is 24.2 Å². The molecule has 0 atom stereocenters. The number of aryl methyl sites for hydroxylation is 1. The summed E-state index contributed by atoms with van der Waals surface area (Å²) in [5, 5.41) is 8.12. The number of aromatic amines is 1. The summed E-state index contributed by atoms with van der Waals surface area (Å²) in [5.41, 5.74) is 3.24. The van der Waals surface area contributed by atoms with Crippen LogP contribution in [0, 0.1) is 0 Å². The van der Waals surface area contributed by atoms with Gasteiger partial charge >= 0.3 is 6.18 Å². The van der Waals surface area contributed by atoms with E-state index in [1.165, 1.54) is 6.20 Å². The Labute approximate surface area is 193 Å². The van der Waals surface area contributed by atoms with Gasteiger partial charge in [-0.2, -0.15) is 18.3 Å². The molecule has 4 aromatic rings. The molecule has 1 fully saturated rings. The monoisotopic (exact) mass is 471 g/mol. The van der Waals surface area contributed by atoms with Gasteiger partial charge in [0.15, 0.2) is 0 Å². The highest BCUT2D eigenvalue weighted by molar-refractivity contribution is 6.02. The lowest BCUT2D eigenvalue weighted by molar-refractivity contribution is -0.134. The van der Waals surface area contributed by atoms with Gasteiger partial charge in [0.25, 0.3) is 5.91 Å². The van der Waals surface area contributed by atoms with E-state index in [2.05, 4.69) is 37.3 Å². The van der Waals surface area contributed by atoms with Crippen LogP contribution in [0.2, 0.25) is 0 Å². The highest BCUT2D eigenvalue weighted by atomic mass is 19.4. The fourth-order valence-electron chi connectivity index (χ4n) is 4.30. The van der Waals surface area contributed by atoms with Crippen molar-refractivity contribution >= 4 is 22.5 Å². The third-order valence-electron chi connectivity index (χ3n) is 6.25. The fraction of sp³-hybridized carbons (Fsp3) is 0.391. The zero-order valence-electron chi connectivity index (χ0n) is 18.6. The maximum atomic E-state index is 13.0. The zero-order valence-corrected chi connectivity index (χ0v) is 18.6. The van der Waals surface area contributed by atoms with Crippen molar-refractivity contribution in [3.63, 3.8) is 0 Å². The summed E-state index contributed by atoms with van der Waals surface area (Å²) in [6.45, 7) is 1.90. The number of aromatic nitrogens is 5. The average Bonchev–Trinajstić information content (AvgIpc) is 3.42. The van der Waals surface area contributed by atoms with Crippen LogP contribution < -0.4 is 5.32 Å². The highest BCUT2D eigenvalue weighted by Gasteiger charge is 2.27. The number of amides is 1. The summed E-state index contributed by atoms with van der Waals surface area (Å²) in [6.07, 6.45) is 2.94. The van der Waals surface area contributed by atoms with Gasteiger partial charge in [-0.25, -0.2) is 14.5 Å². The number of carbonyl (C=O) groups is 1. The minimum absolute atomic E-state index is 0.136. The summed E-state index contributed by atoms with van der Waals surface area (Å²) in [5.74, 6) is -0.0180. The number of H-pyrrole nitrogens is 1. The van der Waals surface area contributed by atoms with E-state index in [9.17, 15) is 18.0 Å². The molecule has 2 N–H and O–H groups in total. The second-order valence-corrected chi connectivity index (χ2v) is 8.72. The van der Waals surface area contributed by atoms with Gasteiger partial charge in [0, 0.05) is 42.0 Å². The summed E-state index contributed by atoms with van der Waals surface area (Å²) in [7, 11) is 2.07. The maximum absolute atomic E-state index is 13.0. The van der Waals surface area contributed by atoms with Gasteiger partial charge in [0.1, 0.15) is 11.5 Å². The maximum Gasteiger partial charge on any atom is 0.389 e. The van der Waals surface area contributed by atoms with Crippen molar-refractivity contribution in [2.75, 3.05) is 20.1 Å². The Balaban J connectivity index is 1.40. The lowest BCUT2D eigenvalue weighted by Gasteiger charge is -2.29. The number of hydrogen-bond donors (Lipinski definition) is 2. The van der Waals surface area contributed by atoms with Crippen molar-refractivity contribution in [1.82, 2.24) is 34.8 Å². The zero-order chi connectivity index (χ0) is 23.9. The van der Waals surface area contributed by atoms with Gasteiger partial charge in [0.2, 0.25) is 0 Å². The smallest absolute Gasteiger partial charge is 0.349 e. The molecule has 4 aromatic heterocycles. The Kier molecular flexibility index (Phi) is 5.72. The number of piperidine rings is 1. The molecule has 0 aromatic carbocycles. The van der Waals surface area contributed by atoms with Crippen LogP contribution in [0.15, 0.2) is 36.9 Å². The topological polar surface area (TPSA) is 91.2 Å². The first-order valence-corrected chi connectivity index (χ1v) is 11.1. The van der Waals surface area contributed by atoms with Crippen LogP contribution in [0.3, 0.4) is 0 Å². The van der Waals surface area contributed by atoms with E-state index in [1.54, 1.807) is 23.1 Å². The Morgan fingerprint density at radius 3 is 2.82 bits per heavy atom. The average molecular weight is 471 g/mol. The van der Waals surface area contributed by atoms with E-state index in [0.717, 1.165) is 37.1 Å². The predicted molar refractivity (Wildman–Crippen MR) is 120 cm³/mol. The Hall–Kier alpha value is -3.47. The number of likely N-dealkylation sites (tertiary alicyclic amines) is 1. The van der Waals surface area contributed by atoms with Crippen LogP contribution in [0.4, 0.5) is 13.2 Å². The number of fused-ring (bicyclic) bond motifs is 2. The van der Waals surface area contributed by atoms with Crippen LogP contribution in [0.1, 0.15) is 35.4 Å². The van der Waals surface area contributed by atoms with E-state index < -0.39 is 12.6 Å². The molecule has 1 aliphatic heterocycles. The van der Waals surface area contributed by atoms with Crippen LogP contribution >= 0.6 is 0 Å². The summed E-state index contributed by atoms with van der Waals surface area (Å²) >= 11 is 0. The van der Waals surface area contributed by atoms with Gasteiger partial charge in [0.05, 0.1) is 23.7 Å². The second-order valence-electron chi connectivity index (χ2n) is 8.72. The minimum Gasteiger partial charge on any atom is -0.349 e. The van der Waals surface area contributed by atoms with Crippen molar-refractivity contribution in [2.45, 2.75) is 37.9 Å². The number of hydrogen-bond acceptors (Lipinski definition) is 5. The number of nitrogens with zero attached hydrogens (tertiary/aromatic N) is 5. The third kappa shape index (κ3) is 4.60. The van der Waals surface area contributed by atoms with Crippen molar-refractivity contribution in [2.24, 2.45) is 0 Å². The van der Waals surface area contributed by atoms with Gasteiger partial charge in [-0.05, 0) is 50.7 Å². The fourth-order valence-corrected chi connectivity index (χ4v) is 4.30. The lowest BCUT2D eigenvalue weighted by Crippen LogP contribution is -2.43. The number of carbonyl (C=O) groups excluding carboxylic acids is 1. The van der Waals surface area contributed by atoms with Crippen molar-refractivity contribution in [3.05, 3.63) is 48.3 Å². The van der Waals surface area contributed by atoms with Gasteiger partial charge < -0.3 is 15.2 Å². The standard InChI is InChI=1S/C23H24F3N7O/c1-32-7-4-15(5-8-32)30-22(34)18-13-29-33-9-3-14(10-19(18)33)16-11-28-21-17(16)12-27-20(31-21)2-6-23(24,25)26/h3,9-13,15H,2,4-8H2,1H3,(H,30,34)(H,27,28,31). The van der Waals surface area contributed by atoms with E-state index in [0.29, 0.717) is 22.1 Å². The first kappa shape index (κ1) is 22.3. The molecule has 5 rings (SSSR count). The lowest BCUT2D eigenvalue weighted by atomic mass is 10.0. The molecule has 5 heterocycles. The van der Waals surface area contributed by atoms with Crippen molar-refractivity contribution in [1.29, 1.82) is 0 Å². The van der Waals surface area contributed by atoms with Gasteiger partial charge in [-0.15, -0.1) is 0 Å². The number of nitrogens with one attached hydrogen (secondary N) is 2. The van der Waals surface area contributed by atoms with E-state index in [1.807, 2.05) is 12.1 Å². The number of pyridine rings is 1. The summed E-state index contributed by atoms with van der Waals surface area (Å²) < 4.78 is 39.2. The molecule has 178 valence electrons. The normalized spacial score (nSPS) is 15.9. The minimum atomic E-state index is -4.25. The SMILES string of the molecule is CN1CCC(NC(=O)c2cnn3ccc(-c4c[nH]c5nc(CCC(F)(F)F)ncc45)cc23)CC1. The molecule has 8 nitrogen and oxygen atoms in total. The third-order valence-corrected chi connectivity index (χ3v) is 6.25. The van der Waals surface area contributed by atoms with Crippen LogP contribution in [-0.2, 0) is 6.42 Å². The summed E-state index contributed by atoms with van der Waals surface area (Å²) in [6, 6.07) is 3.87. The van der Waals surface area contributed by atoms with Gasteiger partial charge in [-0.1, -0.05) is 0 Å². The molecule has 11 heteroatoms. The Morgan fingerprint density at radius 2 is 2.06 bits per heavy atom. The van der Waals surface area contributed by atoms with Gasteiger partial charge in [-0.3, -0.25) is 4.79 Å².